The Bertz CT molecular complexity index is 450. The normalized spacial score (nSPS) is 18.8. The molecule has 0 amide bonds. The highest BCUT2D eigenvalue weighted by Crippen LogP contribution is 2.13. The fraction of sp³-hybridized carbons (Fsp3) is 0.647. The van der Waals surface area contributed by atoms with Gasteiger partial charge in [0.2, 0.25) is 0 Å². The molecule has 1 heterocycles. The maximum absolute atomic E-state index is 5.86. The van der Waals surface area contributed by atoms with Crippen LogP contribution in [0.25, 0.3) is 0 Å². The Morgan fingerprint density at radius 1 is 1.05 bits per heavy atom. The highest BCUT2D eigenvalue weighted by molar-refractivity contribution is 6.91. The predicted molar refractivity (Wildman–Crippen MR) is 96.3 cm³/mol. The van der Waals surface area contributed by atoms with Gasteiger partial charge in [0.25, 0.3) is 0 Å². The summed E-state index contributed by atoms with van der Waals surface area (Å²) in [7, 11) is -2.71. The molecule has 2 rings (SSSR count). The van der Waals surface area contributed by atoms with E-state index in [0.29, 0.717) is 6.10 Å². The van der Waals surface area contributed by atoms with E-state index in [1.165, 1.54) is 17.7 Å². The topological polar surface area (TPSA) is 21.8 Å². The zero-order chi connectivity index (χ0) is 15.5. The van der Waals surface area contributed by atoms with Crippen molar-refractivity contribution in [2.24, 2.45) is 0 Å². The Morgan fingerprint density at radius 3 is 2.05 bits per heavy atom. The Hall–Kier alpha value is -0.426. The second-order valence-electron chi connectivity index (χ2n) is 7.57. The maximum Gasteiger partial charge on any atom is 0.109 e. The Labute approximate surface area is 131 Å². The van der Waals surface area contributed by atoms with Crippen molar-refractivity contribution in [1.82, 2.24) is 0 Å². The molecule has 21 heavy (non-hydrogen) atoms. The van der Waals surface area contributed by atoms with Crippen LogP contribution < -0.4 is 10.4 Å². The van der Waals surface area contributed by atoms with Crippen LogP contribution in [-0.4, -0.2) is 41.7 Å². The van der Waals surface area contributed by atoms with Crippen LogP contribution in [-0.2, 0) is 9.47 Å². The maximum atomic E-state index is 5.86. The second-order valence-corrected chi connectivity index (χ2v) is 17.0. The van der Waals surface area contributed by atoms with Gasteiger partial charge in [-0.1, -0.05) is 80.2 Å². The largest absolute Gasteiger partial charge is 0.382 e. The van der Waals surface area contributed by atoms with E-state index in [4.69, 9.17) is 9.47 Å². The lowest BCUT2D eigenvalue weighted by Gasteiger charge is -2.26. The summed E-state index contributed by atoms with van der Waals surface area (Å²) in [6.45, 7) is 13.7. The molecule has 1 unspecified atom stereocenters. The van der Waals surface area contributed by atoms with Crippen LogP contribution in [0.2, 0.25) is 32.2 Å². The number of hydrogen-bond acceptors (Lipinski definition) is 2. The lowest BCUT2D eigenvalue weighted by molar-refractivity contribution is 0.150. The molecule has 1 atom stereocenters. The van der Waals surface area contributed by atoms with E-state index in [9.17, 15) is 0 Å². The lowest BCUT2D eigenvalue weighted by Crippen LogP contribution is -2.48. The Kier molecular flexibility index (Phi) is 5.46. The summed E-state index contributed by atoms with van der Waals surface area (Å²) < 4.78 is 11.1. The van der Waals surface area contributed by atoms with Gasteiger partial charge in [0.1, 0.15) is 14.2 Å². The molecule has 1 aliphatic rings. The number of epoxide rings is 1. The number of hydrogen-bond donors (Lipinski definition) is 0. The van der Waals surface area contributed by atoms with Gasteiger partial charge in [-0.25, -0.2) is 0 Å². The van der Waals surface area contributed by atoms with Gasteiger partial charge in [-0.15, -0.1) is 0 Å². The van der Waals surface area contributed by atoms with Gasteiger partial charge < -0.3 is 9.47 Å². The van der Waals surface area contributed by atoms with E-state index >= 15 is 0 Å². The van der Waals surface area contributed by atoms with Gasteiger partial charge in [0.15, 0.2) is 0 Å². The number of rotatable bonds is 8. The third-order valence-electron chi connectivity index (χ3n) is 4.49. The molecule has 0 saturated carbocycles. The summed E-state index contributed by atoms with van der Waals surface area (Å²) in [4.78, 5) is 0. The van der Waals surface area contributed by atoms with Crippen LogP contribution in [0.5, 0.6) is 0 Å². The zero-order valence-electron chi connectivity index (χ0n) is 14.2. The first-order chi connectivity index (χ1) is 9.85. The van der Waals surface area contributed by atoms with Crippen LogP contribution in [0, 0.1) is 0 Å². The fourth-order valence-corrected chi connectivity index (χ4v) is 7.31. The molecule has 0 aromatic heterocycles. The van der Waals surface area contributed by atoms with E-state index < -0.39 is 16.1 Å². The van der Waals surface area contributed by atoms with Crippen molar-refractivity contribution in [3.63, 3.8) is 0 Å². The van der Waals surface area contributed by atoms with Gasteiger partial charge in [-0.05, 0) is 0 Å². The van der Waals surface area contributed by atoms with E-state index in [1.807, 2.05) is 0 Å². The summed E-state index contributed by atoms with van der Waals surface area (Å²) in [6.07, 6.45) is 2.55. The molecule has 1 aromatic rings. The van der Waals surface area contributed by atoms with Gasteiger partial charge in [0.05, 0.1) is 21.3 Å². The molecular weight excluding hydrogens is 292 g/mol. The fourth-order valence-electron chi connectivity index (χ4n) is 2.84. The zero-order valence-corrected chi connectivity index (χ0v) is 16.2. The molecule has 118 valence electrons. The van der Waals surface area contributed by atoms with Gasteiger partial charge >= 0.3 is 0 Å². The van der Waals surface area contributed by atoms with Crippen molar-refractivity contribution in [2.75, 3.05) is 19.4 Å². The average molecular weight is 323 g/mol. The van der Waals surface area contributed by atoms with E-state index in [0.717, 1.165) is 19.4 Å². The molecule has 2 nitrogen and oxygen atoms in total. The van der Waals surface area contributed by atoms with Crippen LogP contribution in [0.4, 0.5) is 0 Å². The standard InChI is InChI=1S/C17H30O2Si2/c1-6-11-20(2,3)16-7-9-17(10-8-16)21(4,5)14-18-12-15-13-19-15/h7-10,15H,6,11-14H2,1-5H3. The molecule has 0 aliphatic carbocycles. The first-order valence-corrected chi connectivity index (χ1v) is 14.6. The van der Waals surface area contributed by atoms with Gasteiger partial charge in [-0.3, -0.25) is 0 Å². The molecule has 4 heteroatoms. The van der Waals surface area contributed by atoms with Crippen LogP contribution in [0.15, 0.2) is 24.3 Å². The van der Waals surface area contributed by atoms with Crippen molar-refractivity contribution < 1.29 is 9.47 Å². The van der Waals surface area contributed by atoms with Crippen molar-refractivity contribution >= 4 is 26.5 Å². The summed E-state index contributed by atoms with van der Waals surface area (Å²) >= 11 is 0. The highest BCUT2D eigenvalue weighted by atomic mass is 28.3. The molecule has 1 saturated heterocycles. The smallest absolute Gasteiger partial charge is 0.109 e. The molecular formula is C17H30O2Si2. The SMILES string of the molecule is CCC[Si](C)(C)c1ccc([Si](C)(C)COCC2CO2)cc1. The first-order valence-electron chi connectivity index (χ1n) is 8.15. The minimum atomic E-state index is -1.48. The molecule has 0 N–H and O–H groups in total. The summed E-state index contributed by atoms with van der Waals surface area (Å²) in [5, 5.41) is 3.09. The van der Waals surface area contributed by atoms with E-state index in [-0.39, 0.29) is 0 Å². The van der Waals surface area contributed by atoms with Crippen LogP contribution in [0.3, 0.4) is 0 Å². The summed E-state index contributed by atoms with van der Waals surface area (Å²) in [5.41, 5.74) is 0. The molecule has 1 aromatic carbocycles. The number of ether oxygens (including phenoxy) is 2. The van der Waals surface area contributed by atoms with Crippen molar-refractivity contribution in [3.8, 4) is 0 Å². The number of benzene rings is 1. The predicted octanol–water partition coefficient (Wildman–Crippen LogP) is 2.88. The average Bonchev–Trinajstić information content (AvgIpc) is 3.23. The van der Waals surface area contributed by atoms with Crippen LogP contribution in [0.1, 0.15) is 13.3 Å². The lowest BCUT2D eigenvalue weighted by atomic mass is 10.4. The summed E-state index contributed by atoms with van der Waals surface area (Å²) in [5.74, 6) is 0. The summed E-state index contributed by atoms with van der Waals surface area (Å²) in [6, 6.07) is 10.9. The van der Waals surface area contributed by atoms with Crippen LogP contribution >= 0.6 is 0 Å². The van der Waals surface area contributed by atoms with Gasteiger partial charge in [-0.2, -0.15) is 0 Å². The first kappa shape index (κ1) is 16.9. The Balaban J connectivity index is 1.98. The Morgan fingerprint density at radius 2 is 1.57 bits per heavy atom. The van der Waals surface area contributed by atoms with Gasteiger partial charge in [0, 0.05) is 6.23 Å². The van der Waals surface area contributed by atoms with E-state index in [1.54, 1.807) is 5.19 Å². The molecule has 0 bridgehead atoms. The molecule has 0 spiro atoms. The van der Waals surface area contributed by atoms with E-state index in [2.05, 4.69) is 57.4 Å². The van der Waals surface area contributed by atoms with Crippen molar-refractivity contribution in [3.05, 3.63) is 24.3 Å². The molecule has 0 radical (unpaired) electrons. The highest BCUT2D eigenvalue weighted by Gasteiger charge is 2.28. The van der Waals surface area contributed by atoms with Crippen molar-refractivity contribution in [2.45, 2.75) is 51.7 Å². The third-order valence-corrected chi connectivity index (χ3v) is 11.0. The monoisotopic (exact) mass is 322 g/mol. The minimum absolute atomic E-state index is 0.373. The second kappa shape index (κ2) is 6.77. The van der Waals surface area contributed by atoms with Crippen molar-refractivity contribution in [1.29, 1.82) is 0 Å². The molecule has 1 aliphatic heterocycles. The third kappa shape index (κ3) is 4.78. The minimum Gasteiger partial charge on any atom is -0.382 e. The molecule has 1 fully saturated rings. The quantitative estimate of drug-likeness (QED) is 0.542.